The molecule has 0 atom stereocenters. The lowest BCUT2D eigenvalue weighted by molar-refractivity contribution is 0.193. The van der Waals surface area contributed by atoms with Gasteiger partial charge in [-0.25, -0.2) is 4.57 Å². The lowest BCUT2D eigenvalue weighted by Crippen LogP contribution is -2.46. The van der Waals surface area contributed by atoms with E-state index in [1.165, 1.54) is 0 Å². The molecule has 5 nitrogen and oxygen atoms in total. The number of nitrogens with one attached hydrogen (secondary N) is 1. The van der Waals surface area contributed by atoms with Crippen molar-refractivity contribution in [2.75, 3.05) is 13.2 Å². The average molecular weight is 383 g/mol. The molecule has 0 spiro atoms. The first-order valence-corrected chi connectivity index (χ1v) is 10.2. The fourth-order valence-electron chi connectivity index (χ4n) is 3.27. The van der Waals surface area contributed by atoms with Gasteiger partial charge in [0.1, 0.15) is 0 Å². The van der Waals surface area contributed by atoms with Gasteiger partial charge in [-0.05, 0) is 16.7 Å². The molecule has 0 aliphatic carbocycles. The molecule has 0 amide bonds. The zero-order valence-electron chi connectivity index (χ0n) is 14.7. The third kappa shape index (κ3) is 4.72. The minimum atomic E-state index is -4.50. The summed E-state index contributed by atoms with van der Waals surface area (Å²) >= 11 is 0. The second kappa shape index (κ2) is 8.61. The Labute approximate surface area is 158 Å². The standard InChI is InChI=1S/C21H22NO4P/c23-27(24,25)26-17-16-22-21(18-10-4-1-5-11-18,19-12-6-2-7-13-19)20-14-8-3-9-15-20/h1-15,22H,16-17H2,(H2,23,24,25). The van der Waals surface area contributed by atoms with Gasteiger partial charge in [-0.2, -0.15) is 0 Å². The number of rotatable bonds is 8. The van der Waals surface area contributed by atoms with Crippen molar-refractivity contribution in [1.82, 2.24) is 5.32 Å². The highest BCUT2D eigenvalue weighted by atomic mass is 31.2. The maximum Gasteiger partial charge on any atom is 0.469 e. The highest BCUT2D eigenvalue weighted by molar-refractivity contribution is 7.46. The van der Waals surface area contributed by atoms with E-state index in [0.717, 1.165) is 16.7 Å². The summed E-state index contributed by atoms with van der Waals surface area (Å²) in [6.07, 6.45) is 0. The van der Waals surface area contributed by atoms with Crippen LogP contribution in [0.3, 0.4) is 0 Å². The summed E-state index contributed by atoms with van der Waals surface area (Å²) in [5.74, 6) is 0. The molecule has 0 saturated carbocycles. The van der Waals surface area contributed by atoms with Gasteiger partial charge in [-0.3, -0.25) is 9.84 Å². The van der Waals surface area contributed by atoms with Gasteiger partial charge in [0.25, 0.3) is 0 Å². The van der Waals surface area contributed by atoms with Crippen molar-refractivity contribution in [1.29, 1.82) is 0 Å². The molecule has 0 saturated heterocycles. The van der Waals surface area contributed by atoms with Crippen molar-refractivity contribution < 1.29 is 18.9 Å². The Kier molecular flexibility index (Phi) is 6.22. The van der Waals surface area contributed by atoms with E-state index in [4.69, 9.17) is 9.79 Å². The molecule has 6 heteroatoms. The van der Waals surface area contributed by atoms with E-state index in [2.05, 4.69) is 9.84 Å². The third-order valence-corrected chi connectivity index (χ3v) is 4.89. The second-order valence-electron chi connectivity index (χ2n) is 6.10. The Balaban J connectivity index is 2.07. The highest BCUT2D eigenvalue weighted by Gasteiger charge is 2.35. The van der Waals surface area contributed by atoms with E-state index < -0.39 is 13.4 Å². The minimum Gasteiger partial charge on any atom is -0.303 e. The van der Waals surface area contributed by atoms with Crippen LogP contribution >= 0.6 is 7.82 Å². The van der Waals surface area contributed by atoms with E-state index in [9.17, 15) is 4.57 Å². The number of hydrogen-bond acceptors (Lipinski definition) is 3. The van der Waals surface area contributed by atoms with Crippen LogP contribution < -0.4 is 5.32 Å². The first-order chi connectivity index (χ1) is 13.0. The van der Waals surface area contributed by atoms with Crippen LogP contribution in [-0.2, 0) is 14.6 Å². The Morgan fingerprint density at radius 2 is 1.11 bits per heavy atom. The minimum absolute atomic E-state index is 0.113. The Hall–Kier alpha value is -2.27. The number of phosphoric acid groups is 1. The van der Waals surface area contributed by atoms with E-state index in [-0.39, 0.29) is 13.2 Å². The van der Waals surface area contributed by atoms with Crippen molar-refractivity contribution in [2.45, 2.75) is 5.54 Å². The van der Waals surface area contributed by atoms with E-state index in [1.807, 2.05) is 91.0 Å². The van der Waals surface area contributed by atoms with Gasteiger partial charge in [-0.1, -0.05) is 91.0 Å². The van der Waals surface area contributed by atoms with E-state index in [0.29, 0.717) is 0 Å². The smallest absolute Gasteiger partial charge is 0.303 e. The van der Waals surface area contributed by atoms with Crippen LogP contribution in [0.5, 0.6) is 0 Å². The Morgan fingerprint density at radius 3 is 1.44 bits per heavy atom. The van der Waals surface area contributed by atoms with Gasteiger partial charge in [0, 0.05) is 6.54 Å². The van der Waals surface area contributed by atoms with Gasteiger partial charge >= 0.3 is 7.82 Å². The number of phosphoric ester groups is 1. The lowest BCUT2D eigenvalue weighted by Gasteiger charge is -2.37. The zero-order chi connectivity index (χ0) is 19.2. The second-order valence-corrected chi connectivity index (χ2v) is 7.34. The number of benzene rings is 3. The molecule has 3 aromatic rings. The molecule has 0 bridgehead atoms. The molecule has 0 aliphatic rings. The first-order valence-electron chi connectivity index (χ1n) is 8.64. The quantitative estimate of drug-likeness (QED) is 0.314. The largest absolute Gasteiger partial charge is 0.469 e. The summed E-state index contributed by atoms with van der Waals surface area (Å²) in [6.45, 7) is 0.141. The normalized spacial score (nSPS) is 12.1. The molecular formula is C21H22NO4P. The molecule has 0 heterocycles. The highest BCUT2D eigenvalue weighted by Crippen LogP contribution is 2.38. The van der Waals surface area contributed by atoms with Crippen LogP contribution in [0.25, 0.3) is 0 Å². The molecule has 0 fully saturated rings. The van der Waals surface area contributed by atoms with Gasteiger partial charge in [-0.15, -0.1) is 0 Å². The van der Waals surface area contributed by atoms with Gasteiger partial charge in [0.15, 0.2) is 0 Å². The predicted molar refractivity (Wildman–Crippen MR) is 105 cm³/mol. The van der Waals surface area contributed by atoms with Crippen molar-refractivity contribution in [3.05, 3.63) is 108 Å². The first kappa shape index (κ1) is 19.5. The Morgan fingerprint density at radius 1 is 0.741 bits per heavy atom. The van der Waals surface area contributed by atoms with Gasteiger partial charge < -0.3 is 9.79 Å². The van der Waals surface area contributed by atoms with Crippen molar-refractivity contribution in [2.24, 2.45) is 0 Å². The summed E-state index contributed by atoms with van der Waals surface area (Å²) in [6, 6.07) is 30.0. The molecule has 0 unspecified atom stereocenters. The summed E-state index contributed by atoms with van der Waals surface area (Å²) in [4.78, 5) is 17.9. The van der Waals surface area contributed by atoms with Crippen molar-refractivity contribution in [3.63, 3.8) is 0 Å². The van der Waals surface area contributed by atoms with E-state index in [1.54, 1.807) is 0 Å². The molecular weight excluding hydrogens is 361 g/mol. The van der Waals surface area contributed by atoms with Crippen LogP contribution in [-0.4, -0.2) is 22.9 Å². The van der Waals surface area contributed by atoms with Crippen molar-refractivity contribution in [3.8, 4) is 0 Å². The SMILES string of the molecule is O=P(O)(O)OCCNC(c1ccccc1)(c1ccccc1)c1ccccc1. The van der Waals surface area contributed by atoms with Crippen LogP contribution in [0.2, 0.25) is 0 Å². The van der Waals surface area contributed by atoms with Gasteiger partial charge in [0.05, 0.1) is 12.1 Å². The molecule has 0 radical (unpaired) electrons. The van der Waals surface area contributed by atoms with Crippen molar-refractivity contribution >= 4 is 7.82 Å². The van der Waals surface area contributed by atoms with Crippen LogP contribution in [0.4, 0.5) is 0 Å². The summed E-state index contributed by atoms with van der Waals surface area (Å²) in [5.41, 5.74) is 2.40. The summed E-state index contributed by atoms with van der Waals surface area (Å²) in [7, 11) is -4.50. The molecule has 3 aromatic carbocycles. The fraction of sp³-hybridized carbons (Fsp3) is 0.143. The number of hydrogen-bond donors (Lipinski definition) is 3. The monoisotopic (exact) mass is 383 g/mol. The van der Waals surface area contributed by atoms with Crippen LogP contribution in [0.1, 0.15) is 16.7 Å². The third-order valence-electron chi connectivity index (χ3n) is 4.37. The predicted octanol–water partition coefficient (Wildman–Crippen LogP) is 3.68. The van der Waals surface area contributed by atoms with Gasteiger partial charge in [0.2, 0.25) is 0 Å². The molecule has 3 rings (SSSR count). The molecule has 0 aromatic heterocycles. The molecule has 27 heavy (non-hydrogen) atoms. The molecule has 0 aliphatic heterocycles. The topological polar surface area (TPSA) is 78.8 Å². The molecule has 140 valence electrons. The average Bonchev–Trinajstić information content (AvgIpc) is 2.70. The van der Waals surface area contributed by atoms with E-state index >= 15 is 0 Å². The lowest BCUT2D eigenvalue weighted by atomic mass is 9.77. The maximum atomic E-state index is 11.0. The fourth-order valence-corrected chi connectivity index (χ4v) is 3.60. The molecule has 3 N–H and O–H groups in total. The zero-order valence-corrected chi connectivity index (χ0v) is 15.6. The summed E-state index contributed by atoms with van der Waals surface area (Å²) < 4.78 is 15.6. The Bertz CT molecular complexity index is 785. The summed E-state index contributed by atoms with van der Waals surface area (Å²) in [5, 5.41) is 3.49. The van der Waals surface area contributed by atoms with Crippen LogP contribution in [0.15, 0.2) is 91.0 Å². The van der Waals surface area contributed by atoms with Crippen LogP contribution in [0, 0.1) is 0 Å². The maximum absolute atomic E-state index is 11.0.